The van der Waals surface area contributed by atoms with E-state index in [1.165, 1.54) is 18.4 Å². The number of benzene rings is 1. The van der Waals surface area contributed by atoms with Gasteiger partial charge in [-0.25, -0.2) is 19.7 Å². The summed E-state index contributed by atoms with van der Waals surface area (Å²) in [7, 11) is 0. The van der Waals surface area contributed by atoms with Crippen LogP contribution in [0, 0.1) is 0 Å². The Kier molecular flexibility index (Phi) is 6.15. The van der Waals surface area contributed by atoms with Gasteiger partial charge in [0, 0.05) is 42.2 Å². The second kappa shape index (κ2) is 9.77. The molecule has 2 amide bonds. The van der Waals surface area contributed by atoms with Gasteiger partial charge in [-0.05, 0) is 55.0 Å². The van der Waals surface area contributed by atoms with E-state index < -0.39 is 0 Å². The first-order chi connectivity index (χ1) is 18.5. The maximum atomic E-state index is 12.9. The van der Waals surface area contributed by atoms with Crippen LogP contribution in [0.4, 0.5) is 16.4 Å². The minimum atomic E-state index is -0.297. The zero-order chi connectivity index (χ0) is 26.2. The fraction of sp³-hybridized carbons (Fsp3) is 0.321. The van der Waals surface area contributed by atoms with Crippen molar-refractivity contribution in [3.63, 3.8) is 0 Å². The Morgan fingerprint density at radius 1 is 1.18 bits per heavy atom. The molecule has 194 valence electrons. The van der Waals surface area contributed by atoms with Crippen LogP contribution in [0.2, 0.25) is 0 Å². The summed E-state index contributed by atoms with van der Waals surface area (Å²) >= 11 is 0. The highest BCUT2D eigenvalue weighted by Crippen LogP contribution is 2.40. The van der Waals surface area contributed by atoms with Crippen LogP contribution in [0.5, 0.6) is 0 Å². The number of hydrogen-bond acceptors (Lipinski definition) is 7. The van der Waals surface area contributed by atoms with Crippen molar-refractivity contribution in [2.24, 2.45) is 0 Å². The summed E-state index contributed by atoms with van der Waals surface area (Å²) < 4.78 is 7.06. The molecule has 4 heterocycles. The predicted molar refractivity (Wildman–Crippen MR) is 143 cm³/mol. The molecule has 0 bridgehead atoms. The third kappa shape index (κ3) is 4.53. The summed E-state index contributed by atoms with van der Waals surface area (Å²) in [6.07, 6.45) is 8.08. The smallest absolute Gasteiger partial charge is 0.409 e. The SMILES string of the molecule is CCC(CN1CCOC1=O)c1nc(-c2ccc(C(=O)Nc3cc(C4CC4)ccn3)cc2)c2c(N)nccn12. The van der Waals surface area contributed by atoms with Crippen LogP contribution in [-0.2, 0) is 4.74 Å². The lowest BCUT2D eigenvalue weighted by Crippen LogP contribution is -2.30. The van der Waals surface area contributed by atoms with Crippen LogP contribution in [0.1, 0.15) is 59.8 Å². The Morgan fingerprint density at radius 3 is 2.71 bits per heavy atom. The number of rotatable bonds is 8. The Labute approximate surface area is 219 Å². The first-order valence-electron chi connectivity index (χ1n) is 12.9. The summed E-state index contributed by atoms with van der Waals surface area (Å²) in [5, 5.41) is 2.90. The Bertz CT molecular complexity index is 1510. The topological polar surface area (TPSA) is 128 Å². The number of anilines is 2. The van der Waals surface area contributed by atoms with E-state index in [2.05, 4.69) is 22.2 Å². The molecule has 2 fully saturated rings. The van der Waals surface area contributed by atoms with Crippen LogP contribution >= 0.6 is 0 Å². The standard InChI is InChI=1S/C28H29N7O3/c1-2-17(16-34-13-14-38-28(34)37)26-33-23(24-25(29)31-11-12-35(24)26)19-5-7-20(8-6-19)27(36)32-22-15-21(9-10-30-22)18-3-4-18/h5-12,15,17-18H,2-4,13-14,16H2,1H3,(H2,29,31)(H,30,32,36). The molecule has 1 unspecified atom stereocenters. The van der Waals surface area contributed by atoms with Gasteiger partial charge in [0.2, 0.25) is 0 Å². The maximum Gasteiger partial charge on any atom is 0.409 e. The van der Waals surface area contributed by atoms with Crippen LogP contribution in [0.3, 0.4) is 0 Å². The lowest BCUT2D eigenvalue weighted by molar-refractivity contribution is 0.102. The number of carbonyl (C=O) groups excluding carboxylic acids is 2. The largest absolute Gasteiger partial charge is 0.448 e. The lowest BCUT2D eigenvalue weighted by Gasteiger charge is -2.20. The highest BCUT2D eigenvalue weighted by atomic mass is 16.6. The molecule has 10 heteroatoms. The van der Waals surface area contributed by atoms with Crippen molar-refractivity contribution in [2.75, 3.05) is 30.7 Å². The Morgan fingerprint density at radius 2 is 2.00 bits per heavy atom. The first kappa shape index (κ1) is 23.9. The summed E-state index contributed by atoms with van der Waals surface area (Å²) in [5.41, 5.74) is 10.2. The quantitative estimate of drug-likeness (QED) is 0.358. The van der Waals surface area contributed by atoms with Crippen LogP contribution in [0.25, 0.3) is 16.8 Å². The highest BCUT2D eigenvalue weighted by Gasteiger charge is 2.29. The fourth-order valence-electron chi connectivity index (χ4n) is 4.98. The van der Waals surface area contributed by atoms with Gasteiger partial charge >= 0.3 is 6.09 Å². The zero-order valence-electron chi connectivity index (χ0n) is 21.1. The van der Waals surface area contributed by atoms with Gasteiger partial charge in [-0.15, -0.1) is 0 Å². The van der Waals surface area contributed by atoms with Gasteiger partial charge in [-0.2, -0.15) is 0 Å². The molecule has 4 aromatic rings. The fourth-order valence-corrected chi connectivity index (χ4v) is 4.98. The van der Waals surface area contributed by atoms with Crippen molar-refractivity contribution in [2.45, 2.75) is 38.0 Å². The number of nitrogens with two attached hydrogens (primary N) is 1. The molecule has 1 saturated heterocycles. The van der Waals surface area contributed by atoms with Gasteiger partial charge in [0.15, 0.2) is 0 Å². The minimum Gasteiger partial charge on any atom is -0.448 e. The maximum absolute atomic E-state index is 12.9. The third-order valence-electron chi connectivity index (χ3n) is 7.25. The number of pyridine rings is 1. The van der Waals surface area contributed by atoms with E-state index in [4.69, 9.17) is 15.5 Å². The van der Waals surface area contributed by atoms with Crippen molar-refractivity contribution in [3.05, 3.63) is 71.9 Å². The number of amides is 2. The van der Waals surface area contributed by atoms with E-state index in [0.717, 1.165) is 17.8 Å². The first-order valence-corrected chi connectivity index (χ1v) is 12.9. The van der Waals surface area contributed by atoms with Crippen molar-refractivity contribution in [1.29, 1.82) is 0 Å². The van der Waals surface area contributed by atoms with Gasteiger partial charge in [-0.3, -0.25) is 9.20 Å². The molecule has 0 radical (unpaired) electrons. The van der Waals surface area contributed by atoms with Crippen molar-refractivity contribution >= 4 is 29.2 Å². The van der Waals surface area contributed by atoms with E-state index in [1.807, 2.05) is 34.9 Å². The summed E-state index contributed by atoms with van der Waals surface area (Å²) in [6, 6.07) is 11.2. The number of nitrogen functional groups attached to an aromatic ring is 1. The van der Waals surface area contributed by atoms with Crippen LogP contribution < -0.4 is 11.1 Å². The van der Waals surface area contributed by atoms with Gasteiger partial charge in [0.25, 0.3) is 5.91 Å². The number of nitrogens with one attached hydrogen (secondary N) is 1. The number of hydrogen-bond donors (Lipinski definition) is 2. The van der Waals surface area contributed by atoms with E-state index in [-0.39, 0.29) is 17.9 Å². The number of ether oxygens (including phenoxy) is 1. The summed E-state index contributed by atoms with van der Waals surface area (Å²) in [5.74, 6) is 2.06. The molecule has 1 atom stereocenters. The molecule has 10 nitrogen and oxygen atoms in total. The summed E-state index contributed by atoms with van der Waals surface area (Å²) in [4.78, 5) is 40.2. The van der Waals surface area contributed by atoms with Crippen LogP contribution in [-0.4, -0.2) is 55.9 Å². The van der Waals surface area contributed by atoms with Crippen LogP contribution in [0.15, 0.2) is 55.0 Å². The van der Waals surface area contributed by atoms with Crippen molar-refractivity contribution < 1.29 is 14.3 Å². The second-order valence-electron chi connectivity index (χ2n) is 9.80. The van der Waals surface area contributed by atoms with Gasteiger partial charge < -0.3 is 20.7 Å². The third-order valence-corrected chi connectivity index (χ3v) is 7.25. The molecule has 6 rings (SSSR count). The molecule has 1 aliphatic carbocycles. The molecule has 0 spiro atoms. The summed E-state index contributed by atoms with van der Waals surface area (Å²) in [6.45, 7) is 3.55. The highest BCUT2D eigenvalue weighted by molar-refractivity contribution is 6.04. The molecule has 2 aliphatic rings. The van der Waals surface area contributed by atoms with Gasteiger partial charge in [0.1, 0.15) is 35.3 Å². The van der Waals surface area contributed by atoms with E-state index in [9.17, 15) is 9.59 Å². The minimum absolute atomic E-state index is 0.0207. The monoisotopic (exact) mass is 511 g/mol. The van der Waals surface area contributed by atoms with E-state index in [0.29, 0.717) is 54.0 Å². The molecule has 1 saturated carbocycles. The second-order valence-corrected chi connectivity index (χ2v) is 9.80. The molecular weight excluding hydrogens is 482 g/mol. The van der Waals surface area contributed by atoms with Gasteiger partial charge in [0.05, 0.1) is 6.54 Å². The normalized spacial score (nSPS) is 16.0. The van der Waals surface area contributed by atoms with Gasteiger partial charge in [-0.1, -0.05) is 19.1 Å². The Balaban J connectivity index is 1.28. The average Bonchev–Trinajstić information content (AvgIpc) is 3.60. The molecule has 1 aliphatic heterocycles. The predicted octanol–water partition coefficient (Wildman–Crippen LogP) is 4.45. The number of nitrogens with zero attached hydrogens (tertiary/aromatic N) is 5. The molecule has 1 aromatic carbocycles. The molecule has 3 aromatic heterocycles. The zero-order valence-corrected chi connectivity index (χ0v) is 21.1. The number of imidazole rings is 1. The molecule has 3 N–H and O–H groups in total. The van der Waals surface area contributed by atoms with Crippen molar-refractivity contribution in [1.82, 2.24) is 24.3 Å². The van der Waals surface area contributed by atoms with E-state index >= 15 is 0 Å². The molecular formula is C28H29N7O3. The number of aromatic nitrogens is 4. The van der Waals surface area contributed by atoms with Crippen molar-refractivity contribution in [3.8, 4) is 11.3 Å². The number of fused-ring (bicyclic) bond motifs is 1. The number of carbonyl (C=O) groups is 2. The molecule has 38 heavy (non-hydrogen) atoms. The van der Waals surface area contributed by atoms with E-state index in [1.54, 1.807) is 29.4 Å². The average molecular weight is 512 g/mol. The number of cyclic esters (lactones) is 1. The lowest BCUT2D eigenvalue weighted by atomic mass is 10.1. The Hall–Kier alpha value is -4.47.